The number of halogens is 1. The van der Waals surface area contributed by atoms with Gasteiger partial charge in [0.05, 0.1) is 13.3 Å². The van der Waals surface area contributed by atoms with Gasteiger partial charge in [0, 0.05) is 23.5 Å². The van der Waals surface area contributed by atoms with Crippen molar-refractivity contribution in [1.29, 1.82) is 0 Å². The molecule has 2 aromatic rings. The summed E-state index contributed by atoms with van der Waals surface area (Å²) in [5.41, 5.74) is 3.95. The standard InChI is InChI=1S/C23H29FN4O/c1-3-21-17(2)25-23-27(20-11-9-19(24)10-12-20)15-26(16-28(23)22(21)29)14-13-18-7-5-4-6-8-18/h7,9-12H,3-6,8,13-16H2,1-2H3. The van der Waals surface area contributed by atoms with Crippen molar-refractivity contribution in [2.24, 2.45) is 0 Å². The maximum Gasteiger partial charge on any atom is 0.259 e. The van der Waals surface area contributed by atoms with Gasteiger partial charge in [0.1, 0.15) is 5.82 Å². The molecule has 0 spiro atoms. The number of nitrogens with zero attached hydrogens (tertiary/aromatic N) is 4. The van der Waals surface area contributed by atoms with Gasteiger partial charge in [-0.3, -0.25) is 19.2 Å². The lowest BCUT2D eigenvalue weighted by molar-refractivity contribution is 0.199. The topological polar surface area (TPSA) is 41.4 Å². The normalized spacial score (nSPS) is 17.2. The molecule has 0 saturated carbocycles. The third-order valence-corrected chi connectivity index (χ3v) is 6.00. The minimum absolute atomic E-state index is 0.0312. The first-order valence-electron chi connectivity index (χ1n) is 10.6. The van der Waals surface area contributed by atoms with Gasteiger partial charge in [0.25, 0.3) is 5.56 Å². The van der Waals surface area contributed by atoms with Gasteiger partial charge >= 0.3 is 0 Å². The first kappa shape index (κ1) is 19.8. The fourth-order valence-corrected chi connectivity index (χ4v) is 4.33. The Morgan fingerprint density at radius 3 is 2.62 bits per heavy atom. The third kappa shape index (κ3) is 4.13. The molecule has 2 aliphatic rings. The molecule has 6 heteroatoms. The highest BCUT2D eigenvalue weighted by Crippen LogP contribution is 2.29. The number of anilines is 2. The largest absolute Gasteiger partial charge is 0.298 e. The highest BCUT2D eigenvalue weighted by Gasteiger charge is 2.27. The van der Waals surface area contributed by atoms with E-state index in [-0.39, 0.29) is 11.4 Å². The zero-order chi connectivity index (χ0) is 20.4. The van der Waals surface area contributed by atoms with Crippen molar-refractivity contribution in [2.75, 3.05) is 18.1 Å². The second-order valence-electron chi connectivity index (χ2n) is 8.00. The molecule has 0 N–H and O–H groups in total. The van der Waals surface area contributed by atoms with Crippen LogP contribution in [0.5, 0.6) is 0 Å². The van der Waals surface area contributed by atoms with Crippen LogP contribution in [0.3, 0.4) is 0 Å². The minimum Gasteiger partial charge on any atom is -0.298 e. The number of aryl methyl sites for hydroxylation is 1. The number of fused-ring (bicyclic) bond motifs is 1. The van der Waals surface area contributed by atoms with Gasteiger partial charge in [-0.05, 0) is 69.7 Å². The Bertz CT molecular complexity index is 964. The van der Waals surface area contributed by atoms with Crippen molar-refractivity contribution < 1.29 is 4.39 Å². The van der Waals surface area contributed by atoms with E-state index in [2.05, 4.69) is 11.0 Å². The quantitative estimate of drug-likeness (QED) is 0.697. The lowest BCUT2D eigenvalue weighted by Crippen LogP contribution is -2.48. The third-order valence-electron chi connectivity index (χ3n) is 6.00. The van der Waals surface area contributed by atoms with E-state index in [0.29, 0.717) is 25.7 Å². The molecule has 4 rings (SSSR count). The summed E-state index contributed by atoms with van der Waals surface area (Å²) in [5, 5.41) is 0. The summed E-state index contributed by atoms with van der Waals surface area (Å²) >= 11 is 0. The molecule has 1 aromatic carbocycles. The fraction of sp³-hybridized carbons (Fsp3) is 0.478. The van der Waals surface area contributed by atoms with Crippen LogP contribution in [-0.2, 0) is 13.1 Å². The van der Waals surface area contributed by atoms with Gasteiger partial charge in [0.2, 0.25) is 5.95 Å². The predicted octanol–water partition coefficient (Wildman–Crippen LogP) is 4.51. The molecular weight excluding hydrogens is 367 g/mol. The van der Waals surface area contributed by atoms with Gasteiger partial charge < -0.3 is 0 Å². The number of hydrogen-bond donors (Lipinski definition) is 0. The van der Waals surface area contributed by atoms with Crippen molar-refractivity contribution in [3.63, 3.8) is 0 Å². The predicted molar refractivity (Wildman–Crippen MR) is 114 cm³/mol. The molecule has 0 fully saturated rings. The number of aromatic nitrogens is 2. The molecule has 0 radical (unpaired) electrons. The Hall–Kier alpha value is -2.47. The van der Waals surface area contributed by atoms with Gasteiger partial charge in [-0.25, -0.2) is 9.37 Å². The van der Waals surface area contributed by atoms with Crippen LogP contribution in [0.1, 0.15) is 50.3 Å². The Morgan fingerprint density at radius 1 is 1.14 bits per heavy atom. The molecular formula is C23H29FN4O. The lowest BCUT2D eigenvalue weighted by atomic mass is 9.97. The maximum atomic E-state index is 13.5. The van der Waals surface area contributed by atoms with Crippen molar-refractivity contribution >= 4 is 11.6 Å². The van der Waals surface area contributed by atoms with E-state index in [1.165, 1.54) is 43.4 Å². The molecule has 2 heterocycles. The molecule has 1 aromatic heterocycles. The van der Waals surface area contributed by atoms with Crippen LogP contribution < -0.4 is 10.5 Å². The summed E-state index contributed by atoms with van der Waals surface area (Å²) in [6.45, 7) is 5.96. The van der Waals surface area contributed by atoms with E-state index in [0.717, 1.165) is 29.9 Å². The molecule has 154 valence electrons. The minimum atomic E-state index is -0.269. The monoisotopic (exact) mass is 396 g/mol. The molecule has 1 aliphatic carbocycles. The van der Waals surface area contributed by atoms with Crippen molar-refractivity contribution in [3.8, 4) is 0 Å². The van der Waals surface area contributed by atoms with E-state index < -0.39 is 0 Å². The summed E-state index contributed by atoms with van der Waals surface area (Å²) in [7, 11) is 0. The molecule has 5 nitrogen and oxygen atoms in total. The summed E-state index contributed by atoms with van der Waals surface area (Å²) in [4.78, 5) is 22.2. The molecule has 0 atom stereocenters. The fourth-order valence-electron chi connectivity index (χ4n) is 4.33. The lowest BCUT2D eigenvalue weighted by Gasteiger charge is -2.38. The zero-order valence-electron chi connectivity index (χ0n) is 17.3. The summed E-state index contributed by atoms with van der Waals surface area (Å²) in [6, 6.07) is 6.41. The summed E-state index contributed by atoms with van der Waals surface area (Å²) in [5.74, 6) is 0.374. The van der Waals surface area contributed by atoms with Crippen LogP contribution in [-0.4, -0.2) is 27.7 Å². The molecule has 29 heavy (non-hydrogen) atoms. The SMILES string of the molecule is CCc1c(C)nc2n(c1=O)CN(CCC1=CCCCC1)CN2c1ccc(F)cc1. The van der Waals surface area contributed by atoms with E-state index in [1.807, 2.05) is 18.7 Å². The average Bonchev–Trinajstić information content (AvgIpc) is 2.74. The average molecular weight is 397 g/mol. The van der Waals surface area contributed by atoms with Crippen LogP contribution in [0.2, 0.25) is 0 Å². The first-order valence-corrected chi connectivity index (χ1v) is 10.6. The van der Waals surface area contributed by atoms with E-state index in [1.54, 1.807) is 16.7 Å². The van der Waals surface area contributed by atoms with Crippen LogP contribution >= 0.6 is 0 Å². The zero-order valence-corrected chi connectivity index (χ0v) is 17.3. The molecule has 1 aliphatic heterocycles. The Morgan fingerprint density at radius 2 is 1.93 bits per heavy atom. The summed E-state index contributed by atoms with van der Waals surface area (Å²) in [6.07, 6.45) is 9.02. The first-order chi connectivity index (χ1) is 14.1. The van der Waals surface area contributed by atoms with Gasteiger partial charge in [0.15, 0.2) is 0 Å². The number of rotatable bonds is 5. The van der Waals surface area contributed by atoms with E-state index >= 15 is 0 Å². The highest BCUT2D eigenvalue weighted by molar-refractivity contribution is 5.58. The molecule has 0 amide bonds. The number of hydrogen-bond acceptors (Lipinski definition) is 4. The van der Waals surface area contributed by atoms with Gasteiger partial charge in [-0.2, -0.15) is 0 Å². The number of benzene rings is 1. The molecule has 0 unspecified atom stereocenters. The Labute approximate surface area is 171 Å². The van der Waals surface area contributed by atoms with E-state index in [4.69, 9.17) is 4.98 Å². The Balaban J connectivity index is 1.67. The van der Waals surface area contributed by atoms with Crippen LogP contribution in [0.25, 0.3) is 0 Å². The van der Waals surface area contributed by atoms with Gasteiger partial charge in [-0.15, -0.1) is 0 Å². The smallest absolute Gasteiger partial charge is 0.259 e. The van der Waals surface area contributed by atoms with Crippen LogP contribution in [0, 0.1) is 12.7 Å². The second kappa shape index (κ2) is 8.49. The van der Waals surface area contributed by atoms with Gasteiger partial charge in [-0.1, -0.05) is 18.6 Å². The van der Waals surface area contributed by atoms with Crippen molar-refractivity contribution in [2.45, 2.75) is 59.0 Å². The Kier molecular flexibility index (Phi) is 5.81. The summed E-state index contributed by atoms with van der Waals surface area (Å²) < 4.78 is 15.2. The van der Waals surface area contributed by atoms with Crippen molar-refractivity contribution in [3.05, 3.63) is 63.3 Å². The van der Waals surface area contributed by atoms with Crippen LogP contribution in [0.4, 0.5) is 16.0 Å². The molecule has 0 saturated heterocycles. The van der Waals surface area contributed by atoms with Crippen molar-refractivity contribution in [1.82, 2.24) is 14.5 Å². The number of allylic oxidation sites excluding steroid dienone is 1. The maximum absolute atomic E-state index is 13.5. The molecule has 0 bridgehead atoms. The second-order valence-corrected chi connectivity index (χ2v) is 8.00. The van der Waals surface area contributed by atoms with E-state index in [9.17, 15) is 9.18 Å². The highest BCUT2D eigenvalue weighted by atomic mass is 19.1. The van der Waals surface area contributed by atoms with Crippen LogP contribution in [0.15, 0.2) is 40.7 Å².